The minimum Gasteiger partial charge on any atom is -0.462 e. The van der Waals surface area contributed by atoms with Crippen LogP contribution in [-0.4, -0.2) is 37.2 Å². The molecule has 1 atom stereocenters. The van der Waals surface area contributed by atoms with Crippen molar-refractivity contribution in [3.05, 3.63) is 97.2 Å². The van der Waals surface area contributed by atoms with E-state index >= 15 is 0 Å². The van der Waals surface area contributed by atoms with Gasteiger partial charge in [-0.05, 0) is 83.5 Å². The topological polar surface area (TPSA) is 78.9 Å². The van der Waals surface area contributed by atoms with Crippen molar-refractivity contribution in [1.29, 1.82) is 0 Å². The second-order valence-corrected chi connectivity index (χ2v) is 15.3. The third-order valence-electron chi connectivity index (χ3n) is 9.61. The van der Waals surface area contributed by atoms with Gasteiger partial charge in [0.05, 0.1) is 6.42 Å². The van der Waals surface area contributed by atoms with Gasteiger partial charge in [-0.25, -0.2) is 0 Å². The Morgan fingerprint density at radius 2 is 0.712 bits per heavy atom. The zero-order chi connectivity index (χ0) is 43.0. The summed E-state index contributed by atoms with van der Waals surface area (Å²) in [4.78, 5) is 37.5. The summed E-state index contributed by atoms with van der Waals surface area (Å²) in [5.74, 6) is -1.09. The van der Waals surface area contributed by atoms with Crippen molar-refractivity contribution in [3.63, 3.8) is 0 Å². The lowest BCUT2D eigenvalue weighted by atomic mass is 10.1. The molecule has 1 unspecified atom stereocenters. The molecule has 0 aromatic heterocycles. The number of hydrogen-bond donors (Lipinski definition) is 0. The molecule has 0 aliphatic heterocycles. The molecule has 0 amide bonds. The summed E-state index contributed by atoms with van der Waals surface area (Å²) in [6.07, 6.45) is 61.7. The van der Waals surface area contributed by atoms with E-state index in [-0.39, 0.29) is 31.6 Å². The van der Waals surface area contributed by atoms with Gasteiger partial charge >= 0.3 is 17.9 Å². The zero-order valence-electron chi connectivity index (χ0n) is 38.0. The minimum absolute atomic E-state index is 0.0917. The van der Waals surface area contributed by atoms with Gasteiger partial charge in [-0.15, -0.1) is 0 Å². The molecule has 6 nitrogen and oxygen atoms in total. The first-order valence-electron chi connectivity index (χ1n) is 23.7. The van der Waals surface area contributed by atoms with Crippen LogP contribution in [0.4, 0.5) is 0 Å². The summed E-state index contributed by atoms with van der Waals surface area (Å²) in [7, 11) is 0. The molecule has 0 saturated carbocycles. The Labute approximate surface area is 362 Å². The SMILES string of the molecule is CC/C=C\C/C=C\C/C=C\C/C=C\C/C=C\CC(=O)OC(COC(=O)CCCCCCC)COC(=O)CCCCCCCC/C=C\C/C=C\C/C=C\CCCCCCC. The molecule has 0 aromatic rings. The van der Waals surface area contributed by atoms with Gasteiger partial charge in [-0.3, -0.25) is 14.4 Å². The van der Waals surface area contributed by atoms with Gasteiger partial charge in [0.15, 0.2) is 6.10 Å². The largest absolute Gasteiger partial charge is 0.462 e. The van der Waals surface area contributed by atoms with Crippen LogP contribution < -0.4 is 0 Å². The first-order valence-corrected chi connectivity index (χ1v) is 23.7. The molecule has 0 aliphatic rings. The van der Waals surface area contributed by atoms with Crippen LogP contribution in [-0.2, 0) is 28.6 Å². The van der Waals surface area contributed by atoms with Crippen molar-refractivity contribution in [2.45, 2.75) is 207 Å². The van der Waals surface area contributed by atoms with Gasteiger partial charge in [-0.1, -0.05) is 195 Å². The van der Waals surface area contributed by atoms with Crippen LogP contribution in [0.2, 0.25) is 0 Å². The van der Waals surface area contributed by atoms with Gasteiger partial charge in [-0.2, -0.15) is 0 Å². The predicted octanol–water partition coefficient (Wildman–Crippen LogP) is 15.4. The smallest absolute Gasteiger partial charge is 0.310 e. The molecule has 0 bridgehead atoms. The van der Waals surface area contributed by atoms with E-state index in [1.807, 2.05) is 6.08 Å². The molecule has 6 heteroatoms. The fourth-order valence-corrected chi connectivity index (χ4v) is 6.05. The number of unbranched alkanes of at least 4 members (excludes halogenated alkanes) is 15. The quantitative estimate of drug-likeness (QED) is 0.0265. The lowest BCUT2D eigenvalue weighted by Gasteiger charge is -2.18. The maximum atomic E-state index is 12.6. The van der Waals surface area contributed by atoms with Gasteiger partial charge in [0.1, 0.15) is 13.2 Å². The molecule has 0 rings (SSSR count). The van der Waals surface area contributed by atoms with Crippen molar-refractivity contribution >= 4 is 17.9 Å². The van der Waals surface area contributed by atoms with Crippen LogP contribution in [0.5, 0.6) is 0 Å². The van der Waals surface area contributed by atoms with Gasteiger partial charge < -0.3 is 14.2 Å². The Morgan fingerprint density at radius 3 is 1.12 bits per heavy atom. The Bertz CT molecular complexity index is 1220. The number of allylic oxidation sites excluding steroid dienone is 15. The van der Waals surface area contributed by atoms with Gasteiger partial charge in [0, 0.05) is 12.8 Å². The molecular formula is C53H86O6. The lowest BCUT2D eigenvalue weighted by molar-refractivity contribution is -0.166. The number of ether oxygens (including phenoxy) is 3. The average molecular weight is 819 g/mol. The van der Waals surface area contributed by atoms with Crippen molar-refractivity contribution in [3.8, 4) is 0 Å². The predicted molar refractivity (Wildman–Crippen MR) is 251 cm³/mol. The molecule has 0 aromatic carbocycles. The van der Waals surface area contributed by atoms with Crippen molar-refractivity contribution in [1.82, 2.24) is 0 Å². The summed E-state index contributed by atoms with van der Waals surface area (Å²) in [5, 5.41) is 0. The average Bonchev–Trinajstić information content (AvgIpc) is 3.23. The normalized spacial score (nSPS) is 12.9. The Kier molecular flexibility index (Phi) is 44.1. The Morgan fingerprint density at radius 1 is 0.373 bits per heavy atom. The Balaban J connectivity index is 4.33. The van der Waals surface area contributed by atoms with E-state index in [1.165, 1.54) is 51.4 Å². The first-order chi connectivity index (χ1) is 29.0. The van der Waals surface area contributed by atoms with E-state index in [9.17, 15) is 14.4 Å². The fraction of sp³-hybridized carbons (Fsp3) is 0.642. The first kappa shape index (κ1) is 55.3. The van der Waals surface area contributed by atoms with E-state index in [0.717, 1.165) is 109 Å². The third-order valence-corrected chi connectivity index (χ3v) is 9.61. The molecule has 0 radical (unpaired) electrons. The molecule has 59 heavy (non-hydrogen) atoms. The van der Waals surface area contributed by atoms with Crippen LogP contribution >= 0.6 is 0 Å². The van der Waals surface area contributed by atoms with Gasteiger partial charge in [0.2, 0.25) is 0 Å². The number of carbonyl (C=O) groups is 3. The van der Waals surface area contributed by atoms with Gasteiger partial charge in [0.25, 0.3) is 0 Å². The van der Waals surface area contributed by atoms with E-state index in [1.54, 1.807) is 6.08 Å². The molecular weight excluding hydrogens is 733 g/mol. The summed E-state index contributed by atoms with van der Waals surface area (Å²) in [6.45, 7) is 6.30. The van der Waals surface area contributed by atoms with Crippen molar-refractivity contribution in [2.75, 3.05) is 13.2 Å². The minimum atomic E-state index is -0.833. The second kappa shape index (κ2) is 47.0. The highest BCUT2D eigenvalue weighted by atomic mass is 16.6. The van der Waals surface area contributed by atoms with E-state index in [0.29, 0.717) is 12.8 Å². The lowest BCUT2D eigenvalue weighted by Crippen LogP contribution is -2.30. The summed E-state index contributed by atoms with van der Waals surface area (Å²) in [6, 6.07) is 0. The number of rotatable bonds is 41. The van der Waals surface area contributed by atoms with Crippen LogP contribution in [0.1, 0.15) is 201 Å². The standard InChI is InChI=1S/C53H86O6/c1-4-7-10-13-15-17-19-21-23-24-25-26-27-28-30-31-33-35-37-40-43-46-52(55)58-49-50(48-57-51(54)45-42-39-12-9-6-3)59-53(56)47-44-41-38-36-34-32-29-22-20-18-16-14-11-8-5-2/h8,11,16,18-19,21-22,24-25,27-29,34,36,41,44,50H,4-7,9-10,12-15,17,20,23,26,30-33,35,37-40,42-43,45-49H2,1-3H3/b11-8-,18-16-,21-19-,25-24-,28-27-,29-22-,36-34-,44-41-. The zero-order valence-corrected chi connectivity index (χ0v) is 38.0. The number of hydrogen-bond acceptors (Lipinski definition) is 6. The molecule has 0 heterocycles. The highest BCUT2D eigenvalue weighted by molar-refractivity contribution is 5.72. The fourth-order valence-electron chi connectivity index (χ4n) is 6.05. The molecule has 0 spiro atoms. The maximum Gasteiger partial charge on any atom is 0.310 e. The van der Waals surface area contributed by atoms with Crippen LogP contribution in [0.3, 0.4) is 0 Å². The third kappa shape index (κ3) is 45.3. The summed E-state index contributed by atoms with van der Waals surface area (Å²) in [5.41, 5.74) is 0. The summed E-state index contributed by atoms with van der Waals surface area (Å²) >= 11 is 0. The van der Waals surface area contributed by atoms with E-state index in [4.69, 9.17) is 14.2 Å². The monoisotopic (exact) mass is 819 g/mol. The molecule has 0 aliphatic carbocycles. The highest BCUT2D eigenvalue weighted by Gasteiger charge is 2.19. The van der Waals surface area contributed by atoms with Crippen molar-refractivity contribution < 1.29 is 28.6 Å². The molecule has 0 saturated heterocycles. The summed E-state index contributed by atoms with van der Waals surface area (Å²) < 4.78 is 16.5. The van der Waals surface area contributed by atoms with E-state index in [2.05, 4.69) is 106 Å². The molecule has 0 N–H and O–H groups in total. The van der Waals surface area contributed by atoms with Crippen LogP contribution in [0.25, 0.3) is 0 Å². The highest BCUT2D eigenvalue weighted by Crippen LogP contribution is 2.12. The molecule has 334 valence electrons. The number of esters is 3. The second-order valence-electron chi connectivity index (χ2n) is 15.3. The van der Waals surface area contributed by atoms with E-state index < -0.39 is 12.1 Å². The maximum absolute atomic E-state index is 12.6. The van der Waals surface area contributed by atoms with Crippen molar-refractivity contribution in [2.24, 2.45) is 0 Å². The van der Waals surface area contributed by atoms with Crippen LogP contribution in [0, 0.1) is 0 Å². The number of carbonyl (C=O) groups excluding carboxylic acids is 3. The van der Waals surface area contributed by atoms with Crippen LogP contribution in [0.15, 0.2) is 97.2 Å². The Hall–Kier alpha value is -3.67. The molecule has 0 fully saturated rings.